The number of hydrogen-bond donors (Lipinski definition) is 0. The molecule has 0 saturated heterocycles. The molecule has 1 rings (SSSR count). The Balaban J connectivity index is 3.10. The molecule has 0 saturated carbocycles. The Hall–Kier alpha value is -0.720. The predicted octanol–water partition coefficient (Wildman–Crippen LogP) is 3.50. The maximum absolute atomic E-state index is 12.6. The first-order valence-electron chi connectivity index (χ1n) is 3.32. The minimum Gasteiger partial charge on any atom is -0.249 e. The van der Waals surface area contributed by atoms with Gasteiger partial charge in [0.15, 0.2) is 0 Å². The van der Waals surface area contributed by atoms with Crippen LogP contribution < -0.4 is 0 Å². The van der Waals surface area contributed by atoms with Gasteiger partial charge in [-0.05, 0) is 28.1 Å². The van der Waals surface area contributed by atoms with Crippen LogP contribution in [0.25, 0.3) is 0 Å². The fourth-order valence-electron chi connectivity index (χ4n) is 0.725. The van der Waals surface area contributed by atoms with E-state index in [9.17, 15) is 22.0 Å². The van der Waals surface area contributed by atoms with Crippen molar-refractivity contribution >= 4 is 15.9 Å². The molecule has 1 heterocycles. The largest absolute Gasteiger partial charge is 0.458 e. The highest BCUT2D eigenvalue weighted by atomic mass is 79.9. The second kappa shape index (κ2) is 3.45. The fourth-order valence-corrected chi connectivity index (χ4v) is 0.960. The molecule has 0 aliphatic carbocycles. The van der Waals surface area contributed by atoms with Crippen LogP contribution >= 0.6 is 15.9 Å². The third kappa shape index (κ3) is 2.02. The molecule has 7 heteroatoms. The zero-order chi connectivity index (χ0) is 11.0. The number of halogens is 6. The van der Waals surface area contributed by atoms with Gasteiger partial charge < -0.3 is 0 Å². The van der Waals surface area contributed by atoms with E-state index in [1.165, 1.54) is 0 Å². The summed E-state index contributed by atoms with van der Waals surface area (Å²) in [5, 5.41) is 0. The normalized spacial score (nSPS) is 13.0. The topological polar surface area (TPSA) is 12.9 Å². The molecule has 1 nitrogen and oxygen atoms in total. The van der Waals surface area contributed by atoms with Crippen LogP contribution in [-0.4, -0.2) is 11.2 Å². The molecule has 0 aliphatic rings. The van der Waals surface area contributed by atoms with E-state index in [2.05, 4.69) is 20.9 Å². The maximum atomic E-state index is 12.6. The van der Waals surface area contributed by atoms with Gasteiger partial charge >= 0.3 is 12.1 Å². The van der Waals surface area contributed by atoms with Crippen LogP contribution in [0.15, 0.2) is 22.9 Å². The number of pyridine rings is 1. The van der Waals surface area contributed by atoms with Crippen LogP contribution in [0.3, 0.4) is 0 Å². The average molecular weight is 276 g/mol. The van der Waals surface area contributed by atoms with Gasteiger partial charge in [0, 0.05) is 11.8 Å². The Labute approximate surface area is 84.1 Å². The summed E-state index contributed by atoms with van der Waals surface area (Å²) in [6, 6.07) is 1.69. The SMILES string of the molecule is FC(F)(F)C(F)(F)c1ccc(Br)nc1. The average Bonchev–Trinajstić information content (AvgIpc) is 2.03. The minimum absolute atomic E-state index is 0.194. The number of alkyl halides is 5. The monoisotopic (exact) mass is 275 g/mol. The zero-order valence-corrected chi connectivity index (χ0v) is 8.03. The minimum atomic E-state index is -5.59. The molecule has 0 radical (unpaired) electrons. The van der Waals surface area contributed by atoms with Crippen molar-refractivity contribution in [3.63, 3.8) is 0 Å². The van der Waals surface area contributed by atoms with Gasteiger partial charge in [0.05, 0.1) is 0 Å². The molecule has 0 bridgehead atoms. The van der Waals surface area contributed by atoms with Gasteiger partial charge in [-0.25, -0.2) is 4.98 Å². The van der Waals surface area contributed by atoms with Crippen molar-refractivity contribution < 1.29 is 22.0 Å². The van der Waals surface area contributed by atoms with Crippen LogP contribution in [0.5, 0.6) is 0 Å². The van der Waals surface area contributed by atoms with E-state index in [1.54, 1.807) is 0 Å². The summed E-state index contributed by atoms with van der Waals surface area (Å²) >= 11 is 2.83. The number of nitrogens with zero attached hydrogens (tertiary/aromatic N) is 1. The lowest BCUT2D eigenvalue weighted by atomic mass is 10.1. The third-order valence-electron chi connectivity index (χ3n) is 1.45. The number of hydrogen-bond acceptors (Lipinski definition) is 1. The third-order valence-corrected chi connectivity index (χ3v) is 1.92. The molecular weight excluding hydrogens is 273 g/mol. The van der Waals surface area contributed by atoms with Gasteiger partial charge in [0.2, 0.25) is 0 Å². The summed E-state index contributed by atoms with van der Waals surface area (Å²) in [6.45, 7) is 0. The van der Waals surface area contributed by atoms with Gasteiger partial charge in [-0.2, -0.15) is 22.0 Å². The van der Waals surface area contributed by atoms with E-state index in [4.69, 9.17) is 0 Å². The Morgan fingerprint density at radius 1 is 1.07 bits per heavy atom. The van der Waals surface area contributed by atoms with E-state index in [-0.39, 0.29) is 4.60 Å². The molecule has 0 atom stereocenters. The molecular formula is C7H3BrF5N. The molecule has 1 aromatic heterocycles. The molecule has 0 aromatic carbocycles. The van der Waals surface area contributed by atoms with Crippen LogP contribution in [0.1, 0.15) is 5.56 Å². The Bertz CT molecular complexity index is 318. The molecule has 14 heavy (non-hydrogen) atoms. The molecule has 0 amide bonds. The van der Waals surface area contributed by atoms with Crippen molar-refractivity contribution in [2.24, 2.45) is 0 Å². The summed E-state index contributed by atoms with van der Waals surface area (Å²) in [4.78, 5) is 3.30. The second-order valence-corrected chi connectivity index (χ2v) is 3.25. The molecule has 0 aliphatic heterocycles. The first-order valence-corrected chi connectivity index (χ1v) is 4.11. The van der Waals surface area contributed by atoms with Crippen molar-refractivity contribution in [2.75, 3.05) is 0 Å². The van der Waals surface area contributed by atoms with Crippen molar-refractivity contribution in [2.45, 2.75) is 12.1 Å². The van der Waals surface area contributed by atoms with Crippen molar-refractivity contribution in [1.29, 1.82) is 0 Å². The smallest absolute Gasteiger partial charge is 0.249 e. The zero-order valence-electron chi connectivity index (χ0n) is 6.45. The maximum Gasteiger partial charge on any atom is 0.458 e. The lowest BCUT2D eigenvalue weighted by Crippen LogP contribution is -2.33. The van der Waals surface area contributed by atoms with E-state index in [0.717, 1.165) is 6.07 Å². The van der Waals surface area contributed by atoms with Crippen LogP contribution in [-0.2, 0) is 5.92 Å². The van der Waals surface area contributed by atoms with Gasteiger partial charge in [-0.15, -0.1) is 0 Å². The summed E-state index contributed by atoms with van der Waals surface area (Å²) in [5.74, 6) is -4.86. The predicted molar refractivity (Wildman–Crippen MR) is 41.9 cm³/mol. The molecule has 0 spiro atoms. The van der Waals surface area contributed by atoms with E-state index in [1.807, 2.05) is 0 Å². The van der Waals surface area contributed by atoms with E-state index < -0.39 is 17.7 Å². The highest BCUT2D eigenvalue weighted by Crippen LogP contribution is 2.43. The van der Waals surface area contributed by atoms with Gasteiger partial charge in [-0.1, -0.05) is 0 Å². The molecule has 0 unspecified atom stereocenters. The quantitative estimate of drug-likeness (QED) is 0.565. The first kappa shape index (κ1) is 11.4. The fraction of sp³-hybridized carbons (Fsp3) is 0.286. The lowest BCUT2D eigenvalue weighted by Gasteiger charge is -2.19. The van der Waals surface area contributed by atoms with Crippen LogP contribution in [0.2, 0.25) is 0 Å². The lowest BCUT2D eigenvalue weighted by molar-refractivity contribution is -0.289. The van der Waals surface area contributed by atoms with Crippen molar-refractivity contribution in [1.82, 2.24) is 4.98 Å². The molecule has 1 aromatic rings. The summed E-state index contributed by atoms with van der Waals surface area (Å²) in [5.41, 5.74) is -1.17. The standard InChI is InChI=1S/C7H3BrF5N/c8-5-2-1-4(3-14-5)6(9,10)7(11,12)13/h1-3H. The van der Waals surface area contributed by atoms with Crippen LogP contribution in [0, 0.1) is 0 Å². The highest BCUT2D eigenvalue weighted by Gasteiger charge is 2.58. The van der Waals surface area contributed by atoms with Gasteiger partial charge in [0.25, 0.3) is 0 Å². The Morgan fingerprint density at radius 3 is 2.00 bits per heavy atom. The Morgan fingerprint density at radius 2 is 1.64 bits per heavy atom. The van der Waals surface area contributed by atoms with Crippen molar-refractivity contribution in [3.05, 3.63) is 28.5 Å². The van der Waals surface area contributed by atoms with Gasteiger partial charge in [-0.3, -0.25) is 0 Å². The second-order valence-electron chi connectivity index (χ2n) is 2.44. The summed E-state index contributed by atoms with van der Waals surface area (Å²) in [6.07, 6.45) is -5.11. The Kier molecular flexibility index (Phi) is 2.80. The van der Waals surface area contributed by atoms with Crippen molar-refractivity contribution in [3.8, 4) is 0 Å². The molecule has 78 valence electrons. The number of rotatable bonds is 1. The molecule has 0 fully saturated rings. The van der Waals surface area contributed by atoms with E-state index >= 15 is 0 Å². The summed E-state index contributed by atoms with van der Waals surface area (Å²) in [7, 11) is 0. The molecule has 0 N–H and O–H groups in total. The van der Waals surface area contributed by atoms with Crippen LogP contribution in [0.4, 0.5) is 22.0 Å². The summed E-state index contributed by atoms with van der Waals surface area (Å²) < 4.78 is 60.9. The van der Waals surface area contributed by atoms with E-state index in [0.29, 0.717) is 12.3 Å². The first-order chi connectivity index (χ1) is 6.25. The van der Waals surface area contributed by atoms with Gasteiger partial charge in [0.1, 0.15) is 4.60 Å². The number of aromatic nitrogens is 1. The highest BCUT2D eigenvalue weighted by molar-refractivity contribution is 9.10.